The van der Waals surface area contributed by atoms with E-state index in [9.17, 15) is 19.2 Å². The second-order valence-corrected chi connectivity index (χ2v) is 9.76. The number of ether oxygens (including phenoxy) is 3. The SMILES string of the molecule is CC(=O)N/C=C/SC1=C(C(=O)OCc2ccccc2)N2C(=O)[C@H]([C@H](C)OC(=O)COc3ccccc3)[C@H]2C1. The molecule has 0 saturated carbocycles. The summed E-state index contributed by atoms with van der Waals surface area (Å²) in [4.78, 5) is 51.9. The number of nitrogens with zero attached hydrogens (tertiary/aromatic N) is 1. The maximum Gasteiger partial charge on any atom is 0.356 e. The van der Waals surface area contributed by atoms with Gasteiger partial charge in [0.25, 0.3) is 0 Å². The quantitative estimate of drug-likeness (QED) is 0.343. The number of hydrogen-bond acceptors (Lipinski definition) is 8. The molecule has 198 valence electrons. The standard InChI is InChI=1S/C28H28N2O7S/c1-18(37-24(32)17-35-21-11-7-4-8-12-21)25-22-15-23(38-14-13-29-19(2)31)26(30(22)27(25)33)28(34)36-16-20-9-5-3-6-10-20/h3-14,18,22,25H,15-17H2,1-2H3,(H,29,31)/b14-13+/t18-,22+,25+/m0/s1. The van der Waals surface area contributed by atoms with Gasteiger partial charge in [-0.2, -0.15) is 0 Å². The van der Waals surface area contributed by atoms with Crippen molar-refractivity contribution in [3.8, 4) is 5.75 Å². The van der Waals surface area contributed by atoms with Crippen LogP contribution in [-0.2, 0) is 35.3 Å². The number of nitrogens with one attached hydrogen (secondary N) is 1. The van der Waals surface area contributed by atoms with E-state index < -0.39 is 24.0 Å². The number of amides is 2. The van der Waals surface area contributed by atoms with E-state index in [0.717, 1.165) is 5.56 Å². The van der Waals surface area contributed by atoms with Gasteiger partial charge in [0, 0.05) is 24.4 Å². The average Bonchev–Trinajstić information content (AvgIpc) is 3.23. The number of rotatable bonds is 11. The third kappa shape index (κ3) is 6.44. The van der Waals surface area contributed by atoms with E-state index in [1.807, 2.05) is 36.4 Å². The highest BCUT2D eigenvalue weighted by atomic mass is 32.2. The van der Waals surface area contributed by atoms with E-state index in [4.69, 9.17) is 14.2 Å². The molecular formula is C28H28N2O7S. The van der Waals surface area contributed by atoms with E-state index in [0.29, 0.717) is 17.1 Å². The summed E-state index contributed by atoms with van der Waals surface area (Å²) in [7, 11) is 0. The Labute approximate surface area is 224 Å². The predicted molar refractivity (Wildman–Crippen MR) is 140 cm³/mol. The first-order valence-electron chi connectivity index (χ1n) is 12.1. The minimum atomic E-state index is -0.712. The molecule has 4 rings (SSSR count). The summed E-state index contributed by atoms with van der Waals surface area (Å²) < 4.78 is 16.5. The summed E-state index contributed by atoms with van der Waals surface area (Å²) in [5.41, 5.74) is 0.998. The first-order valence-corrected chi connectivity index (χ1v) is 13.0. The van der Waals surface area contributed by atoms with Crippen molar-refractivity contribution in [3.05, 3.63) is 88.4 Å². The fourth-order valence-electron chi connectivity index (χ4n) is 4.34. The molecule has 0 aromatic heterocycles. The zero-order valence-electron chi connectivity index (χ0n) is 21.0. The van der Waals surface area contributed by atoms with Crippen LogP contribution in [0.15, 0.2) is 82.9 Å². The number of esters is 2. The number of hydrogen-bond donors (Lipinski definition) is 1. The van der Waals surface area contributed by atoms with Crippen LogP contribution in [0, 0.1) is 5.92 Å². The number of carbonyl (C=O) groups is 4. The molecule has 0 bridgehead atoms. The third-order valence-corrected chi connectivity index (χ3v) is 6.98. The van der Waals surface area contributed by atoms with Crippen LogP contribution >= 0.6 is 11.8 Å². The van der Waals surface area contributed by atoms with Crippen molar-refractivity contribution in [2.45, 2.75) is 39.0 Å². The Hall–Kier alpha value is -4.05. The lowest BCUT2D eigenvalue weighted by atomic mass is 9.83. The normalized spacial score (nSPS) is 19.0. The summed E-state index contributed by atoms with van der Waals surface area (Å²) in [5.74, 6) is -1.81. The topological polar surface area (TPSA) is 111 Å². The Morgan fingerprint density at radius 2 is 1.79 bits per heavy atom. The van der Waals surface area contributed by atoms with Gasteiger partial charge in [0.1, 0.15) is 24.2 Å². The summed E-state index contributed by atoms with van der Waals surface area (Å²) in [5, 5.41) is 4.19. The van der Waals surface area contributed by atoms with Crippen molar-refractivity contribution in [2.75, 3.05) is 6.61 Å². The molecular weight excluding hydrogens is 508 g/mol. The number of fused-ring (bicyclic) bond motifs is 1. The second kappa shape index (κ2) is 12.5. The van der Waals surface area contributed by atoms with E-state index in [1.54, 1.807) is 36.6 Å². The van der Waals surface area contributed by atoms with Crippen molar-refractivity contribution in [1.29, 1.82) is 0 Å². The van der Waals surface area contributed by atoms with Crippen molar-refractivity contribution >= 4 is 35.5 Å². The molecule has 0 spiro atoms. The molecule has 2 aliphatic heterocycles. The number of benzene rings is 2. The Morgan fingerprint density at radius 3 is 2.47 bits per heavy atom. The molecule has 2 aromatic carbocycles. The Kier molecular flexibility index (Phi) is 8.85. The van der Waals surface area contributed by atoms with Crippen molar-refractivity contribution < 1.29 is 33.4 Å². The second-order valence-electron chi connectivity index (χ2n) is 8.76. The van der Waals surface area contributed by atoms with Crippen molar-refractivity contribution in [2.24, 2.45) is 5.92 Å². The molecule has 9 nitrogen and oxygen atoms in total. The Morgan fingerprint density at radius 1 is 1.11 bits per heavy atom. The van der Waals surface area contributed by atoms with Gasteiger partial charge in [-0.15, -0.1) is 0 Å². The van der Waals surface area contributed by atoms with Gasteiger partial charge in [-0.1, -0.05) is 60.3 Å². The molecule has 0 unspecified atom stereocenters. The highest BCUT2D eigenvalue weighted by Crippen LogP contribution is 2.48. The minimum Gasteiger partial charge on any atom is -0.482 e. The van der Waals surface area contributed by atoms with E-state index in [2.05, 4.69) is 5.32 Å². The molecule has 2 aromatic rings. The van der Waals surface area contributed by atoms with Crippen LogP contribution in [0.25, 0.3) is 0 Å². The minimum absolute atomic E-state index is 0.0639. The zero-order chi connectivity index (χ0) is 27.1. The number of β-lactam (4-membered cyclic amide) rings is 1. The van der Waals surface area contributed by atoms with Gasteiger partial charge in [0.05, 0.1) is 12.0 Å². The van der Waals surface area contributed by atoms with Crippen LogP contribution in [0.4, 0.5) is 0 Å². The maximum atomic E-state index is 13.2. The van der Waals surface area contributed by atoms with Gasteiger partial charge in [0.15, 0.2) is 6.61 Å². The van der Waals surface area contributed by atoms with Crippen LogP contribution in [0.2, 0.25) is 0 Å². The van der Waals surface area contributed by atoms with Crippen molar-refractivity contribution in [1.82, 2.24) is 10.2 Å². The zero-order valence-corrected chi connectivity index (χ0v) is 21.8. The first-order chi connectivity index (χ1) is 18.3. The fraction of sp³-hybridized carbons (Fsp3) is 0.286. The molecule has 38 heavy (non-hydrogen) atoms. The molecule has 2 aliphatic rings. The Bertz CT molecular complexity index is 1250. The molecule has 0 radical (unpaired) electrons. The van der Waals surface area contributed by atoms with Crippen LogP contribution in [0.1, 0.15) is 25.8 Å². The summed E-state index contributed by atoms with van der Waals surface area (Å²) >= 11 is 1.23. The smallest absolute Gasteiger partial charge is 0.356 e. The third-order valence-electron chi connectivity index (χ3n) is 6.06. The maximum absolute atomic E-state index is 13.2. The number of para-hydroxylation sites is 1. The lowest BCUT2D eigenvalue weighted by Gasteiger charge is -2.45. The van der Waals surface area contributed by atoms with E-state index in [-0.39, 0.29) is 36.8 Å². The highest BCUT2D eigenvalue weighted by molar-refractivity contribution is 8.05. The number of carbonyl (C=O) groups excluding carboxylic acids is 4. The van der Waals surface area contributed by atoms with Gasteiger partial charge in [0.2, 0.25) is 11.8 Å². The van der Waals surface area contributed by atoms with E-state index in [1.165, 1.54) is 29.8 Å². The molecule has 3 atom stereocenters. The lowest BCUT2D eigenvalue weighted by Crippen LogP contribution is -2.62. The summed E-state index contributed by atoms with van der Waals surface area (Å²) in [6, 6.07) is 17.8. The largest absolute Gasteiger partial charge is 0.482 e. The molecule has 1 fully saturated rings. The molecule has 10 heteroatoms. The highest BCUT2D eigenvalue weighted by Gasteiger charge is 2.58. The fourth-order valence-corrected chi connectivity index (χ4v) is 5.21. The van der Waals surface area contributed by atoms with Crippen LogP contribution in [0.5, 0.6) is 5.75 Å². The van der Waals surface area contributed by atoms with E-state index >= 15 is 0 Å². The predicted octanol–water partition coefficient (Wildman–Crippen LogP) is 3.52. The Balaban J connectivity index is 1.41. The molecule has 1 saturated heterocycles. The molecule has 0 aliphatic carbocycles. The van der Waals surface area contributed by atoms with Gasteiger partial charge >= 0.3 is 11.9 Å². The average molecular weight is 537 g/mol. The van der Waals surface area contributed by atoms with Gasteiger partial charge in [-0.25, -0.2) is 9.59 Å². The molecule has 1 N–H and O–H groups in total. The monoisotopic (exact) mass is 536 g/mol. The lowest BCUT2D eigenvalue weighted by molar-refractivity contribution is -0.172. The summed E-state index contributed by atoms with van der Waals surface area (Å²) in [6.45, 7) is 2.83. The van der Waals surface area contributed by atoms with Crippen molar-refractivity contribution in [3.63, 3.8) is 0 Å². The van der Waals surface area contributed by atoms with Crippen LogP contribution in [0.3, 0.4) is 0 Å². The van der Waals surface area contributed by atoms with Gasteiger partial charge in [-0.3, -0.25) is 9.59 Å². The molecule has 2 amide bonds. The van der Waals surface area contributed by atoms with Gasteiger partial charge < -0.3 is 24.4 Å². The van der Waals surface area contributed by atoms with Crippen LogP contribution < -0.4 is 10.1 Å². The van der Waals surface area contributed by atoms with Crippen LogP contribution in [-0.4, -0.2) is 47.4 Å². The molecule has 2 heterocycles. The van der Waals surface area contributed by atoms with Gasteiger partial charge in [-0.05, 0) is 30.0 Å². The summed E-state index contributed by atoms with van der Waals surface area (Å²) in [6.07, 6.45) is 1.15. The first kappa shape index (κ1) is 27.0. The number of thioether (sulfide) groups is 1.